The molecule has 0 aliphatic carbocycles. The van der Waals surface area contributed by atoms with E-state index in [1.807, 2.05) is 56.3 Å². The molecule has 1 atom stereocenters. The number of benzene rings is 2. The smallest absolute Gasteiger partial charge is 0.339 e. The van der Waals surface area contributed by atoms with Gasteiger partial charge in [-0.1, -0.05) is 36.4 Å². The molecule has 4 aromatic rings. The highest BCUT2D eigenvalue weighted by atomic mass is 16.4. The van der Waals surface area contributed by atoms with Gasteiger partial charge >= 0.3 is 5.97 Å². The number of aryl methyl sites for hydroxylation is 1. The summed E-state index contributed by atoms with van der Waals surface area (Å²) >= 11 is 0. The first kappa shape index (κ1) is 20.3. The minimum atomic E-state index is -1.06. The normalized spacial score (nSPS) is 12.0. The van der Waals surface area contributed by atoms with Gasteiger partial charge in [0.1, 0.15) is 17.2 Å². The molecule has 0 spiro atoms. The van der Waals surface area contributed by atoms with E-state index in [2.05, 4.69) is 10.3 Å². The second kappa shape index (κ2) is 8.02. The van der Waals surface area contributed by atoms with Crippen LogP contribution < -0.4 is 10.9 Å². The van der Waals surface area contributed by atoms with Crippen molar-refractivity contribution in [2.45, 2.75) is 19.9 Å². The number of nitrogens with one attached hydrogen (secondary N) is 1. The van der Waals surface area contributed by atoms with Crippen molar-refractivity contribution in [3.05, 3.63) is 87.8 Å². The number of aromatic carboxylic acids is 1. The van der Waals surface area contributed by atoms with E-state index in [-0.39, 0.29) is 23.0 Å². The Kier molecular flexibility index (Phi) is 5.25. The molecule has 7 nitrogen and oxygen atoms in total. The number of rotatable bonds is 5. The second-order valence-electron chi connectivity index (χ2n) is 7.49. The topological polar surface area (TPSA) is 97.1 Å². The van der Waals surface area contributed by atoms with E-state index in [4.69, 9.17) is 4.98 Å². The summed E-state index contributed by atoms with van der Waals surface area (Å²) in [6, 6.07) is 16.1. The molecule has 156 valence electrons. The summed E-state index contributed by atoms with van der Waals surface area (Å²) in [4.78, 5) is 33.8. The Morgan fingerprint density at radius 1 is 1.13 bits per heavy atom. The van der Waals surface area contributed by atoms with Crippen molar-refractivity contribution in [2.75, 3.05) is 5.32 Å². The van der Waals surface area contributed by atoms with Crippen molar-refractivity contribution in [3.63, 3.8) is 0 Å². The molecule has 0 saturated heterocycles. The quantitative estimate of drug-likeness (QED) is 0.509. The lowest BCUT2D eigenvalue weighted by Gasteiger charge is -2.19. The summed E-state index contributed by atoms with van der Waals surface area (Å²) in [7, 11) is 1.72. The maximum atomic E-state index is 13.2. The van der Waals surface area contributed by atoms with E-state index < -0.39 is 5.97 Å². The largest absolute Gasteiger partial charge is 0.478 e. The molecule has 7 heteroatoms. The standard InChI is InChI=1S/C24H22N4O3/c1-14-12-18(15(2)26-21-17(24(30)31)10-7-11-25-21)20-19(13-14)23(29)28(3)22(27-20)16-8-5-4-6-9-16/h4-13,15H,1-3H3,(H,25,26)(H,30,31)/t15-/m1/s1. The molecule has 0 radical (unpaired) electrons. The summed E-state index contributed by atoms with van der Waals surface area (Å²) < 4.78 is 1.56. The van der Waals surface area contributed by atoms with E-state index in [0.717, 1.165) is 16.7 Å². The van der Waals surface area contributed by atoms with Crippen LogP contribution in [-0.2, 0) is 7.05 Å². The van der Waals surface area contributed by atoms with Crippen LogP contribution in [0, 0.1) is 6.92 Å². The van der Waals surface area contributed by atoms with Crippen LogP contribution in [0.3, 0.4) is 0 Å². The number of fused-ring (bicyclic) bond motifs is 1. The molecule has 0 bridgehead atoms. The molecular formula is C24H22N4O3. The monoisotopic (exact) mass is 414 g/mol. The van der Waals surface area contributed by atoms with Gasteiger partial charge in [0, 0.05) is 24.4 Å². The molecule has 2 heterocycles. The molecule has 0 fully saturated rings. The lowest BCUT2D eigenvalue weighted by atomic mass is 10.0. The van der Waals surface area contributed by atoms with Gasteiger partial charge < -0.3 is 10.4 Å². The predicted octanol–water partition coefficient (Wildman–Crippen LogP) is 4.18. The van der Waals surface area contributed by atoms with Gasteiger partial charge in [0.2, 0.25) is 0 Å². The molecule has 0 amide bonds. The van der Waals surface area contributed by atoms with Gasteiger partial charge in [-0.25, -0.2) is 14.8 Å². The highest BCUT2D eigenvalue weighted by Crippen LogP contribution is 2.28. The highest BCUT2D eigenvalue weighted by Gasteiger charge is 2.19. The Labute approximate surface area is 179 Å². The number of pyridine rings is 1. The molecule has 4 rings (SSSR count). The number of carbonyl (C=O) groups is 1. The summed E-state index contributed by atoms with van der Waals surface area (Å²) in [5.74, 6) is -0.223. The van der Waals surface area contributed by atoms with Crippen molar-refractivity contribution in [1.29, 1.82) is 0 Å². The molecule has 2 aromatic carbocycles. The summed E-state index contributed by atoms with van der Waals surface area (Å²) in [5, 5.41) is 13.2. The van der Waals surface area contributed by atoms with Gasteiger partial charge in [-0.05, 0) is 37.6 Å². The van der Waals surface area contributed by atoms with Gasteiger partial charge in [-0.15, -0.1) is 0 Å². The van der Waals surface area contributed by atoms with E-state index in [1.54, 1.807) is 17.7 Å². The molecule has 2 aromatic heterocycles. The first-order valence-electron chi connectivity index (χ1n) is 9.88. The van der Waals surface area contributed by atoms with Crippen molar-refractivity contribution in [2.24, 2.45) is 7.05 Å². The van der Waals surface area contributed by atoms with Crippen LogP contribution in [-0.4, -0.2) is 25.6 Å². The van der Waals surface area contributed by atoms with Crippen LogP contribution in [0.15, 0.2) is 65.6 Å². The maximum absolute atomic E-state index is 13.2. The van der Waals surface area contributed by atoms with Crippen molar-refractivity contribution in [3.8, 4) is 11.4 Å². The first-order chi connectivity index (χ1) is 14.9. The van der Waals surface area contributed by atoms with Gasteiger partial charge in [-0.2, -0.15) is 0 Å². The number of nitrogens with zero attached hydrogens (tertiary/aromatic N) is 3. The molecule has 0 saturated carbocycles. The molecule has 0 aliphatic heterocycles. The minimum absolute atomic E-state index is 0.0835. The number of carboxylic acids is 1. The van der Waals surface area contributed by atoms with E-state index in [0.29, 0.717) is 16.7 Å². The van der Waals surface area contributed by atoms with Crippen molar-refractivity contribution < 1.29 is 9.90 Å². The van der Waals surface area contributed by atoms with Crippen LogP contribution in [0.4, 0.5) is 5.82 Å². The van der Waals surface area contributed by atoms with Crippen LogP contribution in [0.5, 0.6) is 0 Å². The average molecular weight is 414 g/mol. The Morgan fingerprint density at radius 2 is 1.87 bits per heavy atom. The zero-order valence-electron chi connectivity index (χ0n) is 17.5. The molecule has 2 N–H and O–H groups in total. The fourth-order valence-corrected chi connectivity index (χ4v) is 3.70. The van der Waals surface area contributed by atoms with Gasteiger partial charge in [0.05, 0.1) is 16.9 Å². The zero-order valence-corrected chi connectivity index (χ0v) is 17.5. The maximum Gasteiger partial charge on any atom is 0.339 e. The molecule has 0 unspecified atom stereocenters. The fourth-order valence-electron chi connectivity index (χ4n) is 3.70. The van der Waals surface area contributed by atoms with E-state index in [9.17, 15) is 14.7 Å². The zero-order chi connectivity index (χ0) is 22.1. The third kappa shape index (κ3) is 3.77. The lowest BCUT2D eigenvalue weighted by molar-refractivity contribution is 0.0697. The number of anilines is 1. The van der Waals surface area contributed by atoms with Crippen molar-refractivity contribution in [1.82, 2.24) is 14.5 Å². The fraction of sp³-hybridized carbons (Fsp3) is 0.167. The van der Waals surface area contributed by atoms with Gasteiger partial charge in [-0.3, -0.25) is 9.36 Å². The number of carboxylic acid groups (broad SMARTS) is 1. The van der Waals surface area contributed by atoms with Crippen LogP contribution in [0.25, 0.3) is 22.3 Å². The molecule has 31 heavy (non-hydrogen) atoms. The van der Waals surface area contributed by atoms with E-state index >= 15 is 0 Å². The minimum Gasteiger partial charge on any atom is -0.478 e. The summed E-state index contributed by atoms with van der Waals surface area (Å²) in [5.41, 5.74) is 3.09. The number of hydrogen-bond donors (Lipinski definition) is 2. The number of hydrogen-bond acceptors (Lipinski definition) is 5. The van der Waals surface area contributed by atoms with Crippen LogP contribution in [0.1, 0.15) is 34.5 Å². The van der Waals surface area contributed by atoms with E-state index in [1.165, 1.54) is 12.3 Å². The second-order valence-corrected chi connectivity index (χ2v) is 7.49. The molecule has 0 aliphatic rings. The SMILES string of the molecule is Cc1cc([C@@H](C)Nc2ncccc2C(=O)O)c2nc(-c3ccccc3)n(C)c(=O)c2c1. The summed E-state index contributed by atoms with van der Waals surface area (Å²) in [6.07, 6.45) is 1.54. The predicted molar refractivity (Wildman–Crippen MR) is 120 cm³/mol. The third-order valence-electron chi connectivity index (χ3n) is 5.24. The Morgan fingerprint density at radius 3 is 2.58 bits per heavy atom. The average Bonchev–Trinajstić information content (AvgIpc) is 2.77. The van der Waals surface area contributed by atoms with Crippen LogP contribution in [0.2, 0.25) is 0 Å². The molecular weight excluding hydrogens is 392 g/mol. The Hall–Kier alpha value is -4.00. The Bertz CT molecular complexity index is 1350. The van der Waals surface area contributed by atoms with Gasteiger partial charge in [0.15, 0.2) is 0 Å². The Balaban J connectivity index is 1.89. The number of aromatic nitrogens is 3. The summed E-state index contributed by atoms with van der Waals surface area (Å²) in [6.45, 7) is 3.82. The third-order valence-corrected chi connectivity index (χ3v) is 5.24. The van der Waals surface area contributed by atoms with Crippen LogP contribution >= 0.6 is 0 Å². The van der Waals surface area contributed by atoms with Crippen molar-refractivity contribution >= 4 is 22.7 Å². The van der Waals surface area contributed by atoms with Gasteiger partial charge in [0.25, 0.3) is 5.56 Å². The lowest BCUT2D eigenvalue weighted by Crippen LogP contribution is -2.22. The first-order valence-corrected chi connectivity index (χ1v) is 9.88. The highest BCUT2D eigenvalue weighted by molar-refractivity contribution is 5.93.